The quantitative estimate of drug-likeness (QED) is 0.774. The van der Waals surface area contributed by atoms with Crippen LogP contribution in [0.25, 0.3) is 0 Å². The van der Waals surface area contributed by atoms with Gasteiger partial charge in [0.25, 0.3) is 0 Å². The third-order valence-electron chi connectivity index (χ3n) is 4.07. The van der Waals surface area contributed by atoms with Gasteiger partial charge in [0, 0.05) is 19.3 Å². The van der Waals surface area contributed by atoms with E-state index in [1.807, 2.05) is 4.68 Å². The lowest BCUT2D eigenvalue weighted by Crippen LogP contribution is -2.28. The van der Waals surface area contributed by atoms with Gasteiger partial charge in [0.05, 0.1) is 12.2 Å². The summed E-state index contributed by atoms with van der Waals surface area (Å²) in [5, 5.41) is 11.8. The third-order valence-corrected chi connectivity index (χ3v) is 4.07. The van der Waals surface area contributed by atoms with Crippen molar-refractivity contribution in [1.82, 2.24) is 25.2 Å². The minimum atomic E-state index is 0.828. The maximum Gasteiger partial charge on any atom is 0.0964 e. The number of likely N-dealkylation sites (tertiary alicyclic amines) is 1. The van der Waals surface area contributed by atoms with Crippen LogP contribution in [-0.4, -0.2) is 46.1 Å². The molecule has 1 fully saturated rings. The number of nitrogens with one attached hydrogen (secondary N) is 1. The van der Waals surface area contributed by atoms with Crippen molar-refractivity contribution in [2.75, 3.05) is 26.2 Å². The van der Waals surface area contributed by atoms with Crippen LogP contribution in [-0.2, 0) is 13.1 Å². The van der Waals surface area contributed by atoms with Crippen molar-refractivity contribution in [2.45, 2.75) is 52.6 Å². The molecule has 20 heavy (non-hydrogen) atoms. The van der Waals surface area contributed by atoms with Crippen LogP contribution in [0.1, 0.15) is 45.2 Å². The summed E-state index contributed by atoms with van der Waals surface area (Å²) in [7, 11) is 0. The molecule has 0 radical (unpaired) electrons. The van der Waals surface area contributed by atoms with E-state index in [1.54, 1.807) is 0 Å². The summed E-state index contributed by atoms with van der Waals surface area (Å²) in [5.74, 6) is 0.891. The largest absolute Gasteiger partial charge is 0.311 e. The molecule has 2 heterocycles. The van der Waals surface area contributed by atoms with Gasteiger partial charge >= 0.3 is 0 Å². The van der Waals surface area contributed by atoms with E-state index in [4.69, 9.17) is 0 Å². The molecular formula is C15H29N5. The molecule has 5 nitrogen and oxygen atoms in total. The Balaban J connectivity index is 1.70. The van der Waals surface area contributed by atoms with Gasteiger partial charge in [-0.3, -0.25) is 4.68 Å². The standard InChI is InChI=1S/C15H29N5/c1-3-7-16-12-15-13-20(18-17-15)11-10-19-8-4-5-14(2)6-9-19/h13-14,16H,3-12H2,1-2H3. The molecule has 1 saturated heterocycles. The first-order valence-corrected chi connectivity index (χ1v) is 8.10. The summed E-state index contributed by atoms with van der Waals surface area (Å²) in [6.07, 6.45) is 7.28. The van der Waals surface area contributed by atoms with Crippen LogP contribution in [0, 0.1) is 5.92 Å². The van der Waals surface area contributed by atoms with Gasteiger partial charge in [0.1, 0.15) is 0 Å². The summed E-state index contributed by atoms with van der Waals surface area (Å²) >= 11 is 0. The van der Waals surface area contributed by atoms with Crippen molar-refractivity contribution >= 4 is 0 Å². The van der Waals surface area contributed by atoms with E-state index in [9.17, 15) is 0 Å². The van der Waals surface area contributed by atoms with Gasteiger partial charge in [-0.05, 0) is 51.2 Å². The van der Waals surface area contributed by atoms with Crippen molar-refractivity contribution < 1.29 is 0 Å². The van der Waals surface area contributed by atoms with E-state index in [1.165, 1.54) is 32.4 Å². The molecule has 1 N–H and O–H groups in total. The molecule has 1 aromatic rings. The van der Waals surface area contributed by atoms with Gasteiger partial charge < -0.3 is 10.2 Å². The van der Waals surface area contributed by atoms with Gasteiger partial charge in [0.2, 0.25) is 0 Å². The van der Waals surface area contributed by atoms with E-state index in [-0.39, 0.29) is 0 Å². The molecule has 1 aromatic heterocycles. The zero-order valence-electron chi connectivity index (χ0n) is 13.0. The number of hydrogen-bond donors (Lipinski definition) is 1. The Kier molecular flexibility index (Phi) is 6.47. The molecule has 1 aliphatic heterocycles. The lowest BCUT2D eigenvalue weighted by Gasteiger charge is -2.19. The van der Waals surface area contributed by atoms with Crippen LogP contribution in [0.15, 0.2) is 6.20 Å². The van der Waals surface area contributed by atoms with Crippen LogP contribution in [0.3, 0.4) is 0 Å². The summed E-state index contributed by atoms with van der Waals surface area (Å²) in [6, 6.07) is 0. The highest BCUT2D eigenvalue weighted by Crippen LogP contribution is 2.16. The van der Waals surface area contributed by atoms with Crippen LogP contribution >= 0.6 is 0 Å². The van der Waals surface area contributed by atoms with E-state index in [0.717, 1.165) is 44.2 Å². The van der Waals surface area contributed by atoms with E-state index < -0.39 is 0 Å². The summed E-state index contributed by atoms with van der Waals surface area (Å²) in [6.45, 7) is 10.9. The van der Waals surface area contributed by atoms with Crippen LogP contribution in [0.4, 0.5) is 0 Å². The average Bonchev–Trinajstić information content (AvgIpc) is 2.79. The Morgan fingerprint density at radius 3 is 3.05 bits per heavy atom. The van der Waals surface area contributed by atoms with Crippen LogP contribution in [0.5, 0.6) is 0 Å². The predicted octanol–water partition coefficient (Wildman–Crippen LogP) is 1.90. The van der Waals surface area contributed by atoms with Crippen molar-refractivity contribution in [3.8, 4) is 0 Å². The van der Waals surface area contributed by atoms with Crippen molar-refractivity contribution in [1.29, 1.82) is 0 Å². The predicted molar refractivity (Wildman–Crippen MR) is 81.5 cm³/mol. The first-order valence-electron chi connectivity index (χ1n) is 8.10. The average molecular weight is 279 g/mol. The molecule has 1 aliphatic rings. The third kappa shape index (κ3) is 5.21. The molecule has 114 valence electrons. The first-order chi connectivity index (χ1) is 9.78. The fraction of sp³-hybridized carbons (Fsp3) is 0.867. The lowest BCUT2D eigenvalue weighted by atomic mass is 10.0. The highest BCUT2D eigenvalue weighted by atomic mass is 15.4. The second-order valence-electron chi connectivity index (χ2n) is 6.03. The van der Waals surface area contributed by atoms with Crippen molar-refractivity contribution in [2.24, 2.45) is 5.92 Å². The summed E-state index contributed by atoms with van der Waals surface area (Å²) in [4.78, 5) is 2.57. The van der Waals surface area contributed by atoms with Crippen LogP contribution < -0.4 is 5.32 Å². The van der Waals surface area contributed by atoms with E-state index in [2.05, 4.69) is 40.6 Å². The second-order valence-corrected chi connectivity index (χ2v) is 6.03. The second kappa shape index (κ2) is 8.37. The molecular weight excluding hydrogens is 250 g/mol. The van der Waals surface area contributed by atoms with Crippen LogP contribution in [0.2, 0.25) is 0 Å². The first kappa shape index (κ1) is 15.4. The molecule has 0 aliphatic carbocycles. The molecule has 0 spiro atoms. The Labute approximate surface area is 122 Å². The molecule has 0 aromatic carbocycles. The minimum absolute atomic E-state index is 0.828. The fourth-order valence-electron chi connectivity index (χ4n) is 2.71. The monoisotopic (exact) mass is 279 g/mol. The number of rotatable bonds is 7. The Morgan fingerprint density at radius 2 is 2.20 bits per heavy atom. The maximum absolute atomic E-state index is 4.22. The molecule has 1 atom stereocenters. The number of aromatic nitrogens is 3. The maximum atomic E-state index is 4.22. The topological polar surface area (TPSA) is 46.0 Å². The minimum Gasteiger partial charge on any atom is -0.311 e. The number of nitrogens with zero attached hydrogens (tertiary/aromatic N) is 4. The van der Waals surface area contributed by atoms with Gasteiger partial charge in [-0.1, -0.05) is 19.1 Å². The fourth-order valence-corrected chi connectivity index (χ4v) is 2.71. The van der Waals surface area contributed by atoms with Crippen molar-refractivity contribution in [3.05, 3.63) is 11.9 Å². The summed E-state index contributed by atoms with van der Waals surface area (Å²) in [5.41, 5.74) is 1.04. The Morgan fingerprint density at radius 1 is 1.30 bits per heavy atom. The highest BCUT2D eigenvalue weighted by Gasteiger charge is 2.13. The lowest BCUT2D eigenvalue weighted by molar-refractivity contribution is 0.265. The van der Waals surface area contributed by atoms with Gasteiger partial charge in [-0.25, -0.2) is 0 Å². The molecule has 0 saturated carbocycles. The molecule has 2 rings (SSSR count). The smallest absolute Gasteiger partial charge is 0.0964 e. The SMILES string of the molecule is CCCNCc1cn(CCN2CCCC(C)CC2)nn1. The van der Waals surface area contributed by atoms with Gasteiger partial charge in [0.15, 0.2) is 0 Å². The molecule has 0 bridgehead atoms. The molecule has 1 unspecified atom stereocenters. The van der Waals surface area contributed by atoms with Crippen molar-refractivity contribution in [3.63, 3.8) is 0 Å². The van der Waals surface area contributed by atoms with E-state index >= 15 is 0 Å². The summed E-state index contributed by atoms with van der Waals surface area (Å²) < 4.78 is 1.98. The van der Waals surface area contributed by atoms with Gasteiger partial charge in [-0.15, -0.1) is 5.10 Å². The molecule has 5 heteroatoms. The van der Waals surface area contributed by atoms with Gasteiger partial charge in [-0.2, -0.15) is 0 Å². The molecule has 0 amide bonds. The Bertz CT molecular complexity index is 376. The number of hydrogen-bond acceptors (Lipinski definition) is 4. The van der Waals surface area contributed by atoms with E-state index in [0.29, 0.717) is 0 Å². The highest BCUT2D eigenvalue weighted by molar-refractivity contribution is 4.91. The Hall–Kier alpha value is -0.940. The zero-order chi connectivity index (χ0) is 14.2. The normalized spacial score (nSPS) is 21.0. The zero-order valence-corrected chi connectivity index (χ0v) is 13.0.